The van der Waals surface area contributed by atoms with Crippen molar-refractivity contribution in [3.8, 4) is 0 Å². The first-order valence-corrected chi connectivity index (χ1v) is 7.83. The molecule has 0 aliphatic rings. The van der Waals surface area contributed by atoms with Gasteiger partial charge in [0.05, 0.1) is 11.0 Å². The maximum atomic E-state index is 5.83. The number of aryl methyl sites for hydroxylation is 1. The van der Waals surface area contributed by atoms with Crippen molar-refractivity contribution >= 4 is 27.0 Å². The van der Waals surface area contributed by atoms with Crippen LogP contribution >= 0.6 is 15.9 Å². The van der Waals surface area contributed by atoms with E-state index in [0.29, 0.717) is 5.92 Å². The van der Waals surface area contributed by atoms with Crippen molar-refractivity contribution in [1.82, 2.24) is 9.55 Å². The molecule has 0 radical (unpaired) electrons. The molecular weight excluding hydrogens is 302 g/mol. The second-order valence-electron chi connectivity index (χ2n) is 5.03. The number of imidazole rings is 1. The summed E-state index contributed by atoms with van der Waals surface area (Å²) in [4.78, 5) is 4.81. The van der Waals surface area contributed by atoms with E-state index in [9.17, 15) is 0 Å². The summed E-state index contributed by atoms with van der Waals surface area (Å²) < 4.78 is 3.43. The Bertz CT molecular complexity index is 544. The topological polar surface area (TPSA) is 43.8 Å². The van der Waals surface area contributed by atoms with Gasteiger partial charge in [-0.05, 0) is 37.1 Å². The van der Waals surface area contributed by atoms with Crippen LogP contribution < -0.4 is 5.73 Å². The zero-order valence-electron chi connectivity index (χ0n) is 11.7. The maximum absolute atomic E-state index is 5.83. The number of hydrogen-bond donors (Lipinski definition) is 1. The summed E-state index contributed by atoms with van der Waals surface area (Å²) in [7, 11) is 0. The van der Waals surface area contributed by atoms with Crippen LogP contribution in [0.25, 0.3) is 11.0 Å². The first-order valence-electron chi connectivity index (χ1n) is 7.04. The fourth-order valence-corrected chi connectivity index (χ4v) is 2.78. The van der Waals surface area contributed by atoms with E-state index >= 15 is 0 Å². The van der Waals surface area contributed by atoms with Crippen LogP contribution in [0.15, 0.2) is 22.7 Å². The molecule has 1 atom stereocenters. The zero-order chi connectivity index (χ0) is 13.8. The van der Waals surface area contributed by atoms with E-state index in [4.69, 9.17) is 10.7 Å². The Morgan fingerprint density at radius 3 is 2.79 bits per heavy atom. The number of hydrogen-bond acceptors (Lipinski definition) is 2. The molecule has 0 bridgehead atoms. The molecule has 0 saturated carbocycles. The van der Waals surface area contributed by atoms with Gasteiger partial charge in [0, 0.05) is 17.4 Å². The summed E-state index contributed by atoms with van der Waals surface area (Å²) in [6.45, 7) is 6.15. The summed E-state index contributed by atoms with van der Waals surface area (Å²) in [5.41, 5.74) is 8.13. The Hall–Kier alpha value is -0.870. The molecule has 3 nitrogen and oxygen atoms in total. The van der Waals surface area contributed by atoms with Crippen molar-refractivity contribution in [2.75, 3.05) is 6.54 Å². The molecule has 2 rings (SSSR count). The first-order chi connectivity index (χ1) is 9.19. The van der Waals surface area contributed by atoms with Crippen LogP contribution in [0.5, 0.6) is 0 Å². The molecule has 0 saturated heterocycles. The lowest BCUT2D eigenvalue weighted by atomic mass is 10.0. The van der Waals surface area contributed by atoms with Gasteiger partial charge < -0.3 is 10.3 Å². The summed E-state index contributed by atoms with van der Waals surface area (Å²) in [5.74, 6) is 1.70. The Kier molecular flexibility index (Phi) is 4.99. The van der Waals surface area contributed by atoms with E-state index in [2.05, 4.69) is 52.5 Å². The molecule has 104 valence electrons. The SMILES string of the molecule is CCCn1c(CC(CC)CN)nc2cc(Br)ccc21. The lowest BCUT2D eigenvalue weighted by Gasteiger charge is -2.13. The van der Waals surface area contributed by atoms with Crippen LogP contribution in [0.2, 0.25) is 0 Å². The fourth-order valence-electron chi connectivity index (χ4n) is 2.43. The van der Waals surface area contributed by atoms with E-state index in [-0.39, 0.29) is 0 Å². The van der Waals surface area contributed by atoms with Crippen molar-refractivity contribution in [1.29, 1.82) is 0 Å². The predicted octanol–water partition coefficient (Wildman–Crippen LogP) is 3.74. The molecule has 0 aliphatic heterocycles. The van der Waals surface area contributed by atoms with Gasteiger partial charge >= 0.3 is 0 Å². The van der Waals surface area contributed by atoms with Gasteiger partial charge in [0.1, 0.15) is 5.82 Å². The van der Waals surface area contributed by atoms with Crippen LogP contribution in [0, 0.1) is 5.92 Å². The maximum Gasteiger partial charge on any atom is 0.110 e. The lowest BCUT2D eigenvalue weighted by molar-refractivity contribution is 0.490. The zero-order valence-corrected chi connectivity index (χ0v) is 13.3. The molecule has 19 heavy (non-hydrogen) atoms. The smallest absolute Gasteiger partial charge is 0.110 e. The van der Waals surface area contributed by atoms with Crippen LogP contribution in [0.3, 0.4) is 0 Å². The molecule has 1 unspecified atom stereocenters. The molecule has 2 aromatic rings. The normalized spacial score (nSPS) is 13.1. The first kappa shape index (κ1) is 14.5. The van der Waals surface area contributed by atoms with Crippen LogP contribution in [0.1, 0.15) is 32.5 Å². The molecule has 1 aromatic carbocycles. The average Bonchev–Trinajstić information content (AvgIpc) is 2.73. The van der Waals surface area contributed by atoms with Crippen molar-refractivity contribution in [2.24, 2.45) is 11.7 Å². The molecular formula is C15H22BrN3. The molecule has 0 aliphatic carbocycles. The highest BCUT2D eigenvalue weighted by atomic mass is 79.9. The lowest BCUT2D eigenvalue weighted by Crippen LogP contribution is -2.18. The quantitative estimate of drug-likeness (QED) is 0.880. The summed E-state index contributed by atoms with van der Waals surface area (Å²) in [6.07, 6.45) is 3.20. The highest BCUT2D eigenvalue weighted by Gasteiger charge is 2.14. The number of rotatable bonds is 6. The minimum absolute atomic E-state index is 0.524. The van der Waals surface area contributed by atoms with E-state index in [1.165, 1.54) is 11.3 Å². The highest BCUT2D eigenvalue weighted by molar-refractivity contribution is 9.10. The van der Waals surface area contributed by atoms with Gasteiger partial charge in [-0.2, -0.15) is 0 Å². The number of benzene rings is 1. The minimum atomic E-state index is 0.524. The van der Waals surface area contributed by atoms with Crippen molar-refractivity contribution in [3.05, 3.63) is 28.5 Å². The third-order valence-electron chi connectivity index (χ3n) is 3.62. The molecule has 1 aromatic heterocycles. The molecule has 4 heteroatoms. The standard InChI is InChI=1S/C15H22BrN3/c1-3-7-19-14-6-5-12(16)9-13(14)18-15(19)8-11(4-2)10-17/h5-6,9,11H,3-4,7-8,10,17H2,1-2H3. The van der Waals surface area contributed by atoms with Crippen molar-refractivity contribution in [2.45, 2.75) is 39.7 Å². The number of nitrogens with two attached hydrogens (primary N) is 1. The van der Waals surface area contributed by atoms with Gasteiger partial charge in [-0.1, -0.05) is 36.2 Å². The number of nitrogens with zero attached hydrogens (tertiary/aromatic N) is 2. The second kappa shape index (κ2) is 6.53. The monoisotopic (exact) mass is 323 g/mol. The minimum Gasteiger partial charge on any atom is -0.330 e. The third kappa shape index (κ3) is 3.18. The van der Waals surface area contributed by atoms with Gasteiger partial charge in [-0.3, -0.25) is 0 Å². The number of fused-ring (bicyclic) bond motifs is 1. The Morgan fingerprint density at radius 2 is 2.16 bits per heavy atom. The Morgan fingerprint density at radius 1 is 1.37 bits per heavy atom. The third-order valence-corrected chi connectivity index (χ3v) is 4.11. The van der Waals surface area contributed by atoms with Crippen LogP contribution in [-0.4, -0.2) is 16.1 Å². The largest absolute Gasteiger partial charge is 0.330 e. The summed E-state index contributed by atoms with van der Waals surface area (Å²) >= 11 is 3.51. The fraction of sp³-hybridized carbons (Fsp3) is 0.533. The van der Waals surface area contributed by atoms with Gasteiger partial charge in [-0.15, -0.1) is 0 Å². The predicted molar refractivity (Wildman–Crippen MR) is 84.3 cm³/mol. The van der Waals surface area contributed by atoms with Crippen molar-refractivity contribution < 1.29 is 0 Å². The number of halogens is 1. The van der Waals surface area contributed by atoms with Gasteiger partial charge in [0.25, 0.3) is 0 Å². The molecule has 0 spiro atoms. The Balaban J connectivity index is 2.43. The van der Waals surface area contributed by atoms with Gasteiger partial charge in [0.15, 0.2) is 0 Å². The van der Waals surface area contributed by atoms with E-state index in [0.717, 1.165) is 42.3 Å². The van der Waals surface area contributed by atoms with Crippen molar-refractivity contribution in [3.63, 3.8) is 0 Å². The summed E-state index contributed by atoms with van der Waals surface area (Å²) in [6, 6.07) is 6.32. The van der Waals surface area contributed by atoms with E-state index in [1.54, 1.807) is 0 Å². The van der Waals surface area contributed by atoms with E-state index in [1.807, 2.05) is 0 Å². The van der Waals surface area contributed by atoms with Gasteiger partial charge in [-0.25, -0.2) is 4.98 Å². The second-order valence-corrected chi connectivity index (χ2v) is 5.94. The molecule has 1 heterocycles. The van der Waals surface area contributed by atoms with Crippen LogP contribution in [-0.2, 0) is 13.0 Å². The summed E-state index contributed by atoms with van der Waals surface area (Å²) in [5, 5.41) is 0. The Labute approximate surface area is 123 Å². The molecule has 0 fully saturated rings. The number of aromatic nitrogens is 2. The van der Waals surface area contributed by atoms with Gasteiger partial charge in [0.2, 0.25) is 0 Å². The molecule has 2 N–H and O–H groups in total. The average molecular weight is 324 g/mol. The van der Waals surface area contributed by atoms with Crippen LogP contribution in [0.4, 0.5) is 0 Å². The van der Waals surface area contributed by atoms with E-state index < -0.39 is 0 Å². The highest BCUT2D eigenvalue weighted by Crippen LogP contribution is 2.23. The molecule has 0 amide bonds.